The molecule has 1 aromatic carbocycles. The SMILES string of the molecule is CC(=O)CCNC(=O)Nc1cccc(S(=O)(=O)O)c1. The fraction of sp³-hybridized carbons (Fsp3) is 0.273. The van der Waals surface area contributed by atoms with Gasteiger partial charge in [-0.2, -0.15) is 8.42 Å². The van der Waals surface area contributed by atoms with Gasteiger partial charge in [-0.15, -0.1) is 0 Å². The molecule has 19 heavy (non-hydrogen) atoms. The molecular formula is C11H14N2O5S. The minimum absolute atomic E-state index is 0.0475. The summed E-state index contributed by atoms with van der Waals surface area (Å²) in [5.74, 6) is -0.0475. The van der Waals surface area contributed by atoms with E-state index in [-0.39, 0.29) is 29.3 Å². The van der Waals surface area contributed by atoms with Crippen LogP contribution < -0.4 is 10.6 Å². The average molecular weight is 286 g/mol. The van der Waals surface area contributed by atoms with Crippen LogP contribution in [0.2, 0.25) is 0 Å². The number of amides is 2. The van der Waals surface area contributed by atoms with Crippen LogP contribution in [0.15, 0.2) is 29.2 Å². The summed E-state index contributed by atoms with van der Waals surface area (Å²) in [7, 11) is -4.31. The van der Waals surface area contributed by atoms with Gasteiger partial charge in [-0.1, -0.05) is 6.07 Å². The molecule has 3 N–H and O–H groups in total. The minimum atomic E-state index is -4.31. The molecule has 0 saturated heterocycles. The topological polar surface area (TPSA) is 113 Å². The first kappa shape index (κ1) is 15.1. The number of hydrogen-bond donors (Lipinski definition) is 3. The number of nitrogens with one attached hydrogen (secondary N) is 2. The Bertz CT molecular complexity index is 583. The van der Waals surface area contributed by atoms with E-state index in [2.05, 4.69) is 10.6 Å². The maximum Gasteiger partial charge on any atom is 0.319 e. The standard InChI is InChI=1S/C11H14N2O5S/c1-8(14)5-6-12-11(15)13-9-3-2-4-10(7-9)19(16,17)18/h2-4,7H,5-6H2,1H3,(H2,12,13,15)(H,16,17,18). The Hall–Kier alpha value is -1.93. The Morgan fingerprint density at radius 2 is 2.00 bits per heavy atom. The van der Waals surface area contributed by atoms with Gasteiger partial charge in [0, 0.05) is 18.7 Å². The van der Waals surface area contributed by atoms with Crippen LogP contribution in [0.1, 0.15) is 13.3 Å². The predicted octanol–water partition coefficient (Wildman–Crippen LogP) is 1.03. The molecule has 104 valence electrons. The second-order valence-corrected chi connectivity index (χ2v) is 5.26. The van der Waals surface area contributed by atoms with E-state index in [4.69, 9.17) is 4.55 Å². The molecule has 0 aliphatic carbocycles. The minimum Gasteiger partial charge on any atom is -0.337 e. The van der Waals surface area contributed by atoms with Crippen molar-refractivity contribution in [2.75, 3.05) is 11.9 Å². The first-order valence-corrected chi connectivity index (χ1v) is 6.85. The third-order valence-corrected chi connectivity index (χ3v) is 3.00. The lowest BCUT2D eigenvalue weighted by molar-refractivity contribution is -0.116. The number of carbonyl (C=O) groups excluding carboxylic acids is 2. The molecule has 7 nitrogen and oxygen atoms in total. The number of benzene rings is 1. The highest BCUT2D eigenvalue weighted by Crippen LogP contribution is 2.14. The molecule has 1 rings (SSSR count). The van der Waals surface area contributed by atoms with E-state index in [9.17, 15) is 18.0 Å². The summed E-state index contributed by atoms with van der Waals surface area (Å²) in [5, 5.41) is 4.83. The molecule has 0 atom stereocenters. The number of urea groups is 1. The fourth-order valence-corrected chi connectivity index (χ4v) is 1.79. The van der Waals surface area contributed by atoms with Crippen LogP contribution in [-0.4, -0.2) is 31.3 Å². The van der Waals surface area contributed by atoms with Crippen molar-refractivity contribution in [3.8, 4) is 0 Å². The smallest absolute Gasteiger partial charge is 0.319 e. The number of rotatable bonds is 5. The summed E-state index contributed by atoms with van der Waals surface area (Å²) in [5.41, 5.74) is 0.218. The van der Waals surface area contributed by atoms with Crippen molar-refractivity contribution >= 4 is 27.6 Å². The van der Waals surface area contributed by atoms with Crippen LogP contribution in [0.5, 0.6) is 0 Å². The van der Waals surface area contributed by atoms with E-state index < -0.39 is 16.1 Å². The summed E-state index contributed by atoms with van der Waals surface area (Å²) < 4.78 is 30.7. The molecule has 0 aliphatic rings. The molecule has 0 fully saturated rings. The van der Waals surface area contributed by atoms with Gasteiger partial charge in [0.15, 0.2) is 0 Å². The van der Waals surface area contributed by atoms with Gasteiger partial charge in [0.25, 0.3) is 10.1 Å². The molecule has 0 radical (unpaired) electrons. The van der Waals surface area contributed by atoms with E-state index in [0.717, 1.165) is 6.07 Å². The van der Waals surface area contributed by atoms with Gasteiger partial charge >= 0.3 is 6.03 Å². The average Bonchev–Trinajstić information content (AvgIpc) is 2.27. The summed E-state index contributed by atoms with van der Waals surface area (Å²) in [6.07, 6.45) is 0.221. The molecule has 0 aliphatic heterocycles. The molecule has 0 aromatic heterocycles. The molecular weight excluding hydrogens is 272 g/mol. The van der Waals surface area contributed by atoms with Gasteiger partial charge in [0.05, 0.1) is 4.90 Å². The van der Waals surface area contributed by atoms with Gasteiger partial charge in [-0.05, 0) is 25.1 Å². The number of Topliss-reactive ketones (excluding diaryl/α,β-unsaturated/α-hetero) is 1. The number of carbonyl (C=O) groups is 2. The third-order valence-electron chi connectivity index (χ3n) is 2.15. The monoisotopic (exact) mass is 286 g/mol. The molecule has 8 heteroatoms. The van der Waals surface area contributed by atoms with Crippen LogP contribution in [0, 0.1) is 0 Å². The quantitative estimate of drug-likeness (QED) is 0.700. The van der Waals surface area contributed by atoms with Gasteiger partial charge in [-0.25, -0.2) is 4.79 Å². The van der Waals surface area contributed by atoms with Crippen LogP contribution in [0.3, 0.4) is 0 Å². The summed E-state index contributed by atoms with van der Waals surface area (Å²) in [6.45, 7) is 1.61. The number of hydrogen-bond acceptors (Lipinski definition) is 4. The second kappa shape index (κ2) is 6.30. The predicted molar refractivity (Wildman–Crippen MR) is 68.6 cm³/mol. The lowest BCUT2D eigenvalue weighted by Gasteiger charge is -2.07. The lowest BCUT2D eigenvalue weighted by Crippen LogP contribution is -2.30. The molecule has 0 bridgehead atoms. The second-order valence-electron chi connectivity index (χ2n) is 3.84. The fourth-order valence-electron chi connectivity index (χ4n) is 1.26. The van der Waals surface area contributed by atoms with Gasteiger partial charge in [0.2, 0.25) is 0 Å². The highest BCUT2D eigenvalue weighted by molar-refractivity contribution is 7.85. The van der Waals surface area contributed by atoms with Crippen LogP contribution in [0.4, 0.5) is 10.5 Å². The number of ketones is 1. The van der Waals surface area contributed by atoms with Crippen LogP contribution in [-0.2, 0) is 14.9 Å². The molecule has 2 amide bonds. The maximum absolute atomic E-state index is 11.4. The largest absolute Gasteiger partial charge is 0.337 e. The van der Waals surface area contributed by atoms with Crippen molar-refractivity contribution in [3.05, 3.63) is 24.3 Å². The zero-order valence-electron chi connectivity index (χ0n) is 10.2. The highest BCUT2D eigenvalue weighted by atomic mass is 32.2. The lowest BCUT2D eigenvalue weighted by atomic mass is 10.3. The van der Waals surface area contributed by atoms with E-state index in [1.54, 1.807) is 0 Å². The van der Waals surface area contributed by atoms with Crippen molar-refractivity contribution in [1.29, 1.82) is 0 Å². The van der Waals surface area contributed by atoms with Crippen molar-refractivity contribution < 1.29 is 22.6 Å². The number of anilines is 1. The van der Waals surface area contributed by atoms with Crippen molar-refractivity contribution in [2.45, 2.75) is 18.2 Å². The van der Waals surface area contributed by atoms with E-state index in [1.165, 1.54) is 25.1 Å². The van der Waals surface area contributed by atoms with Crippen molar-refractivity contribution in [2.24, 2.45) is 0 Å². The molecule has 0 spiro atoms. The van der Waals surface area contributed by atoms with Gasteiger partial charge in [-0.3, -0.25) is 9.35 Å². The van der Waals surface area contributed by atoms with Crippen molar-refractivity contribution in [1.82, 2.24) is 5.32 Å². The summed E-state index contributed by atoms with van der Waals surface area (Å²) in [4.78, 5) is 21.8. The zero-order chi connectivity index (χ0) is 14.5. The van der Waals surface area contributed by atoms with E-state index >= 15 is 0 Å². The first-order valence-electron chi connectivity index (χ1n) is 5.41. The van der Waals surface area contributed by atoms with Crippen LogP contribution >= 0.6 is 0 Å². The van der Waals surface area contributed by atoms with E-state index in [1.807, 2.05) is 0 Å². The Kier molecular flexibility index (Phi) is 5.02. The summed E-state index contributed by atoms with van der Waals surface area (Å²) in [6, 6.07) is 4.62. The summed E-state index contributed by atoms with van der Waals surface area (Å²) >= 11 is 0. The van der Waals surface area contributed by atoms with E-state index in [0.29, 0.717) is 0 Å². The Morgan fingerprint density at radius 1 is 1.32 bits per heavy atom. The molecule has 0 saturated carbocycles. The van der Waals surface area contributed by atoms with Gasteiger partial charge < -0.3 is 10.6 Å². The first-order chi connectivity index (χ1) is 8.79. The Balaban J connectivity index is 2.62. The van der Waals surface area contributed by atoms with Crippen molar-refractivity contribution in [3.63, 3.8) is 0 Å². The zero-order valence-corrected chi connectivity index (χ0v) is 11.0. The Labute approximate surface area is 110 Å². The highest BCUT2D eigenvalue weighted by Gasteiger charge is 2.10. The maximum atomic E-state index is 11.4. The molecule has 1 aromatic rings. The Morgan fingerprint density at radius 3 is 2.58 bits per heavy atom. The van der Waals surface area contributed by atoms with Gasteiger partial charge in [0.1, 0.15) is 5.78 Å². The molecule has 0 unspecified atom stereocenters. The van der Waals surface area contributed by atoms with Crippen LogP contribution in [0.25, 0.3) is 0 Å². The molecule has 0 heterocycles. The third kappa shape index (κ3) is 5.49. The normalized spacial score (nSPS) is 10.8.